The smallest absolute Gasteiger partial charge is 0.375 e. The summed E-state index contributed by atoms with van der Waals surface area (Å²) in [5, 5.41) is 6.51. The van der Waals surface area contributed by atoms with Crippen LogP contribution in [0.3, 0.4) is 0 Å². The first-order valence-corrected chi connectivity index (χ1v) is 6.34. The number of rotatable bonds is 3. The molecule has 7 heteroatoms. The van der Waals surface area contributed by atoms with Gasteiger partial charge in [-0.25, -0.2) is 9.78 Å². The molecule has 2 rings (SSSR count). The number of nitrogens with zero attached hydrogens (tertiary/aromatic N) is 2. The molecule has 94 valence electrons. The lowest BCUT2D eigenvalue weighted by Gasteiger charge is -2.01. The lowest BCUT2D eigenvalue weighted by molar-refractivity contribution is 0.0512. The first-order chi connectivity index (χ1) is 8.61. The molecule has 6 nitrogen and oxygen atoms in total. The summed E-state index contributed by atoms with van der Waals surface area (Å²) in [6.45, 7) is 2.02. The number of nitrogens with two attached hydrogens (primary N) is 1. The number of aromatic amines is 1. The lowest BCUT2D eigenvalue weighted by Crippen LogP contribution is -2.06. The second-order valence-corrected chi connectivity index (χ2v) is 4.71. The van der Waals surface area contributed by atoms with Crippen molar-refractivity contribution in [1.82, 2.24) is 15.2 Å². The molecule has 0 fully saturated rings. The molecule has 0 amide bonds. The highest BCUT2D eigenvalue weighted by Gasteiger charge is 2.15. The molecule has 0 spiro atoms. The van der Waals surface area contributed by atoms with Crippen LogP contribution in [0.4, 0.5) is 5.69 Å². The molecule has 0 unspecified atom stereocenters. The van der Waals surface area contributed by atoms with Crippen molar-refractivity contribution in [3.05, 3.63) is 27.6 Å². The van der Waals surface area contributed by atoms with Crippen LogP contribution in [0.5, 0.6) is 0 Å². The number of aromatic nitrogens is 3. The Kier molecular flexibility index (Phi) is 3.80. The third kappa shape index (κ3) is 2.61. The van der Waals surface area contributed by atoms with E-state index in [1.807, 2.05) is 12.1 Å². The molecule has 18 heavy (non-hydrogen) atoms. The minimum Gasteiger partial charge on any atom is -0.460 e. The van der Waals surface area contributed by atoms with E-state index in [0.29, 0.717) is 23.7 Å². The average molecular weight is 358 g/mol. The van der Waals surface area contributed by atoms with Gasteiger partial charge >= 0.3 is 5.97 Å². The number of hydrogen-bond acceptors (Lipinski definition) is 5. The maximum absolute atomic E-state index is 11.5. The molecule has 0 saturated carbocycles. The van der Waals surface area contributed by atoms with Crippen LogP contribution in [0.25, 0.3) is 11.4 Å². The minimum atomic E-state index is -0.527. The van der Waals surface area contributed by atoms with Gasteiger partial charge in [-0.05, 0) is 47.7 Å². The third-order valence-electron chi connectivity index (χ3n) is 2.21. The monoisotopic (exact) mass is 358 g/mol. The van der Waals surface area contributed by atoms with Gasteiger partial charge in [-0.15, -0.1) is 0 Å². The molecule has 0 bridgehead atoms. The fourth-order valence-corrected chi connectivity index (χ4v) is 1.89. The van der Waals surface area contributed by atoms with Gasteiger partial charge in [-0.1, -0.05) is 0 Å². The van der Waals surface area contributed by atoms with Gasteiger partial charge in [0.1, 0.15) is 0 Å². The second kappa shape index (κ2) is 5.34. The van der Waals surface area contributed by atoms with Crippen LogP contribution in [-0.2, 0) is 4.74 Å². The Morgan fingerprint density at radius 1 is 1.56 bits per heavy atom. The fraction of sp³-hybridized carbons (Fsp3) is 0.182. The predicted molar refractivity (Wildman–Crippen MR) is 74.9 cm³/mol. The van der Waals surface area contributed by atoms with E-state index in [4.69, 9.17) is 10.5 Å². The molecule has 0 aliphatic heterocycles. The number of halogens is 1. The molecular formula is C11H11IN4O2. The fourth-order valence-electron chi connectivity index (χ4n) is 1.40. The summed E-state index contributed by atoms with van der Waals surface area (Å²) in [7, 11) is 0. The maximum Gasteiger partial charge on any atom is 0.375 e. The molecule has 3 N–H and O–H groups in total. The van der Waals surface area contributed by atoms with E-state index in [0.717, 1.165) is 3.57 Å². The molecule has 1 aromatic carbocycles. The Morgan fingerprint density at radius 3 is 3.06 bits per heavy atom. The van der Waals surface area contributed by atoms with Crippen molar-refractivity contribution in [3.63, 3.8) is 0 Å². The molecule has 1 aromatic heterocycles. The Morgan fingerprint density at radius 2 is 2.33 bits per heavy atom. The van der Waals surface area contributed by atoms with Crippen LogP contribution in [0.1, 0.15) is 17.5 Å². The van der Waals surface area contributed by atoms with Gasteiger partial charge < -0.3 is 10.5 Å². The van der Waals surface area contributed by atoms with E-state index in [1.54, 1.807) is 13.0 Å². The number of hydrogen-bond donors (Lipinski definition) is 2. The van der Waals surface area contributed by atoms with E-state index in [2.05, 4.69) is 37.8 Å². The van der Waals surface area contributed by atoms with Gasteiger partial charge in [0.15, 0.2) is 5.82 Å². The first kappa shape index (κ1) is 12.8. The van der Waals surface area contributed by atoms with E-state index in [9.17, 15) is 4.79 Å². The zero-order valence-corrected chi connectivity index (χ0v) is 11.8. The molecule has 0 aliphatic carbocycles. The molecule has 0 atom stereocenters. The quantitative estimate of drug-likeness (QED) is 0.496. The van der Waals surface area contributed by atoms with Crippen molar-refractivity contribution in [2.24, 2.45) is 0 Å². The summed E-state index contributed by atoms with van der Waals surface area (Å²) < 4.78 is 5.84. The highest BCUT2D eigenvalue weighted by molar-refractivity contribution is 14.1. The molecule has 0 saturated heterocycles. The summed E-state index contributed by atoms with van der Waals surface area (Å²) in [5.41, 5.74) is 7.10. The van der Waals surface area contributed by atoms with Gasteiger partial charge in [0.05, 0.1) is 6.61 Å². The van der Waals surface area contributed by atoms with Crippen LogP contribution in [0, 0.1) is 3.57 Å². The average Bonchev–Trinajstić information content (AvgIpc) is 2.82. The number of benzene rings is 1. The van der Waals surface area contributed by atoms with Crippen molar-refractivity contribution in [2.75, 3.05) is 12.3 Å². The van der Waals surface area contributed by atoms with E-state index < -0.39 is 5.97 Å². The topological polar surface area (TPSA) is 93.9 Å². The molecular weight excluding hydrogens is 347 g/mol. The number of ether oxygens (including phenoxy) is 1. The van der Waals surface area contributed by atoms with Crippen LogP contribution in [0.2, 0.25) is 0 Å². The first-order valence-electron chi connectivity index (χ1n) is 5.26. The summed E-state index contributed by atoms with van der Waals surface area (Å²) in [4.78, 5) is 15.5. The van der Waals surface area contributed by atoms with Crippen LogP contribution in [-0.4, -0.2) is 27.8 Å². The minimum absolute atomic E-state index is 0.0742. The number of esters is 1. The largest absolute Gasteiger partial charge is 0.460 e. The van der Waals surface area contributed by atoms with Crippen LogP contribution >= 0.6 is 22.6 Å². The molecule has 0 radical (unpaired) electrons. The summed E-state index contributed by atoms with van der Waals surface area (Å²) in [6, 6.07) is 5.52. The highest BCUT2D eigenvalue weighted by Crippen LogP contribution is 2.24. The van der Waals surface area contributed by atoms with Crippen molar-refractivity contribution >= 4 is 34.2 Å². The number of carbonyl (C=O) groups excluding carboxylic acids is 1. The van der Waals surface area contributed by atoms with Crippen molar-refractivity contribution < 1.29 is 9.53 Å². The second-order valence-electron chi connectivity index (χ2n) is 3.46. The van der Waals surface area contributed by atoms with Gasteiger partial charge in [0, 0.05) is 14.8 Å². The van der Waals surface area contributed by atoms with Gasteiger partial charge in [0.2, 0.25) is 5.82 Å². The van der Waals surface area contributed by atoms with E-state index >= 15 is 0 Å². The zero-order valence-electron chi connectivity index (χ0n) is 9.61. The number of nitrogens with one attached hydrogen (secondary N) is 1. The Bertz CT molecular complexity index is 582. The number of H-pyrrole nitrogens is 1. The lowest BCUT2D eigenvalue weighted by atomic mass is 10.2. The van der Waals surface area contributed by atoms with Gasteiger partial charge in [-0.3, -0.25) is 5.10 Å². The summed E-state index contributed by atoms with van der Waals surface area (Å²) in [5.74, 6) is -0.0698. The number of nitrogen functional groups attached to an aromatic ring is 1. The SMILES string of the molecule is CCOC(=O)c1nc(-c2cc(I)ccc2N)n[nH]1. The molecule has 0 aliphatic rings. The molecule has 2 aromatic rings. The summed E-state index contributed by atoms with van der Waals surface area (Å²) in [6.07, 6.45) is 0. The number of anilines is 1. The van der Waals surface area contributed by atoms with Crippen LogP contribution < -0.4 is 5.73 Å². The normalized spacial score (nSPS) is 10.3. The Labute approximate surface area is 117 Å². The van der Waals surface area contributed by atoms with Gasteiger partial charge in [-0.2, -0.15) is 5.10 Å². The standard InChI is InChI=1S/C11H11IN4O2/c1-2-18-11(17)10-14-9(15-16-10)7-5-6(12)3-4-8(7)13/h3-5H,2,13H2,1H3,(H,14,15,16). The Hall–Kier alpha value is -1.64. The zero-order chi connectivity index (χ0) is 13.1. The highest BCUT2D eigenvalue weighted by atomic mass is 127. The van der Waals surface area contributed by atoms with Crippen LogP contribution in [0.15, 0.2) is 18.2 Å². The third-order valence-corrected chi connectivity index (χ3v) is 2.88. The molecule has 1 heterocycles. The van der Waals surface area contributed by atoms with E-state index in [1.165, 1.54) is 0 Å². The Balaban J connectivity index is 2.35. The maximum atomic E-state index is 11.5. The summed E-state index contributed by atoms with van der Waals surface area (Å²) >= 11 is 2.17. The number of carbonyl (C=O) groups is 1. The van der Waals surface area contributed by atoms with Crippen molar-refractivity contribution in [3.8, 4) is 11.4 Å². The van der Waals surface area contributed by atoms with Crippen molar-refractivity contribution in [2.45, 2.75) is 6.92 Å². The van der Waals surface area contributed by atoms with Crippen molar-refractivity contribution in [1.29, 1.82) is 0 Å². The van der Waals surface area contributed by atoms with Gasteiger partial charge in [0.25, 0.3) is 0 Å². The predicted octanol–water partition coefficient (Wildman–Crippen LogP) is 1.84. The van der Waals surface area contributed by atoms with E-state index in [-0.39, 0.29) is 5.82 Å².